The molecule has 0 aliphatic heterocycles. The molecule has 0 saturated carbocycles. The second-order valence-corrected chi connectivity index (χ2v) is 7.44. The minimum atomic E-state index is -0.676. The van der Waals surface area contributed by atoms with Crippen LogP contribution in [0.3, 0.4) is 0 Å². The van der Waals surface area contributed by atoms with E-state index >= 15 is 0 Å². The summed E-state index contributed by atoms with van der Waals surface area (Å²) >= 11 is 0. The van der Waals surface area contributed by atoms with Gasteiger partial charge in [-0.05, 0) is 40.8 Å². The van der Waals surface area contributed by atoms with Gasteiger partial charge in [0.25, 0.3) is 0 Å². The van der Waals surface area contributed by atoms with Crippen LogP contribution in [0, 0.1) is 5.92 Å². The summed E-state index contributed by atoms with van der Waals surface area (Å²) in [5.41, 5.74) is 1.59. The van der Waals surface area contributed by atoms with Crippen LogP contribution in [0.2, 0.25) is 0 Å². The molecule has 0 aromatic heterocycles. The van der Waals surface area contributed by atoms with Crippen molar-refractivity contribution in [2.24, 2.45) is 5.92 Å². The third kappa shape index (κ3) is 6.07. The molecule has 0 saturated heterocycles. The monoisotopic (exact) mass is 390 g/mol. The van der Waals surface area contributed by atoms with Crippen molar-refractivity contribution in [1.82, 2.24) is 5.32 Å². The van der Waals surface area contributed by atoms with Crippen molar-refractivity contribution in [3.63, 3.8) is 0 Å². The molecule has 3 rings (SSSR count). The van der Waals surface area contributed by atoms with Crippen molar-refractivity contribution in [2.45, 2.75) is 32.9 Å². The molecule has 29 heavy (non-hydrogen) atoms. The van der Waals surface area contributed by atoms with E-state index < -0.39 is 12.1 Å². The molecule has 5 heteroatoms. The van der Waals surface area contributed by atoms with Crippen LogP contribution < -0.4 is 10.6 Å². The highest BCUT2D eigenvalue weighted by Gasteiger charge is 2.23. The van der Waals surface area contributed by atoms with Gasteiger partial charge in [0.05, 0.1) is 0 Å². The predicted octanol–water partition coefficient (Wildman–Crippen LogP) is 5.12. The summed E-state index contributed by atoms with van der Waals surface area (Å²) in [5, 5.41) is 7.76. The van der Waals surface area contributed by atoms with E-state index in [1.54, 1.807) is 0 Å². The summed E-state index contributed by atoms with van der Waals surface area (Å²) in [6.07, 6.45) is -0.0898. The molecule has 150 valence electrons. The maximum atomic E-state index is 12.8. The number of alkyl carbamates (subject to hydrolysis) is 1. The van der Waals surface area contributed by atoms with Crippen LogP contribution in [0.4, 0.5) is 10.5 Å². The van der Waals surface area contributed by atoms with Gasteiger partial charge in [-0.2, -0.15) is 0 Å². The Balaban J connectivity index is 1.63. The van der Waals surface area contributed by atoms with E-state index in [2.05, 4.69) is 10.6 Å². The fourth-order valence-corrected chi connectivity index (χ4v) is 3.11. The molecule has 0 bridgehead atoms. The van der Waals surface area contributed by atoms with Crippen LogP contribution >= 0.6 is 0 Å². The first kappa shape index (κ1) is 20.4. The molecule has 0 heterocycles. The lowest BCUT2D eigenvalue weighted by atomic mass is 10.0. The topological polar surface area (TPSA) is 67.4 Å². The lowest BCUT2D eigenvalue weighted by Crippen LogP contribution is -2.44. The highest BCUT2D eigenvalue weighted by Crippen LogP contribution is 2.19. The van der Waals surface area contributed by atoms with Crippen molar-refractivity contribution < 1.29 is 14.3 Å². The van der Waals surface area contributed by atoms with E-state index in [-0.39, 0.29) is 18.4 Å². The number of carbonyl (C=O) groups excluding carboxylic acids is 2. The van der Waals surface area contributed by atoms with Gasteiger partial charge in [0.2, 0.25) is 5.91 Å². The molecule has 2 amide bonds. The quantitative estimate of drug-likeness (QED) is 0.588. The number of carbonyl (C=O) groups is 2. The van der Waals surface area contributed by atoms with Gasteiger partial charge in [-0.25, -0.2) is 4.79 Å². The summed E-state index contributed by atoms with van der Waals surface area (Å²) in [6.45, 7) is 4.17. The molecule has 2 N–H and O–H groups in total. The van der Waals surface area contributed by atoms with Gasteiger partial charge in [-0.1, -0.05) is 74.5 Å². The molecule has 1 atom stereocenters. The SMILES string of the molecule is CC(C)C[C@H](NC(=O)OCc1ccccc1)C(=O)Nc1ccc2ccccc2c1. The van der Waals surface area contributed by atoms with E-state index in [9.17, 15) is 9.59 Å². The Morgan fingerprint density at radius 1 is 0.897 bits per heavy atom. The van der Waals surface area contributed by atoms with Crippen molar-refractivity contribution in [2.75, 3.05) is 5.32 Å². The van der Waals surface area contributed by atoms with Crippen molar-refractivity contribution in [1.29, 1.82) is 0 Å². The molecule has 3 aromatic carbocycles. The zero-order valence-electron chi connectivity index (χ0n) is 16.7. The minimum absolute atomic E-state index is 0.160. The number of hydrogen-bond acceptors (Lipinski definition) is 3. The Kier molecular flexibility index (Phi) is 6.85. The summed E-state index contributed by atoms with van der Waals surface area (Å²) in [4.78, 5) is 25.0. The van der Waals surface area contributed by atoms with Gasteiger partial charge < -0.3 is 15.4 Å². The van der Waals surface area contributed by atoms with Gasteiger partial charge in [0.15, 0.2) is 0 Å². The smallest absolute Gasteiger partial charge is 0.408 e. The zero-order valence-corrected chi connectivity index (χ0v) is 16.7. The van der Waals surface area contributed by atoms with Crippen molar-refractivity contribution in [3.05, 3.63) is 78.4 Å². The van der Waals surface area contributed by atoms with Crippen LogP contribution in [-0.4, -0.2) is 18.0 Å². The summed E-state index contributed by atoms with van der Waals surface area (Å²) < 4.78 is 5.27. The largest absolute Gasteiger partial charge is 0.445 e. The van der Waals surface area contributed by atoms with Gasteiger partial charge in [-0.15, -0.1) is 0 Å². The average molecular weight is 390 g/mol. The first-order chi connectivity index (χ1) is 14.0. The Bertz CT molecular complexity index is 970. The number of fused-ring (bicyclic) bond motifs is 1. The highest BCUT2D eigenvalue weighted by molar-refractivity contribution is 5.98. The molecule has 0 aliphatic carbocycles. The second kappa shape index (κ2) is 9.73. The third-order valence-corrected chi connectivity index (χ3v) is 4.55. The van der Waals surface area contributed by atoms with Crippen LogP contribution in [0.5, 0.6) is 0 Å². The number of anilines is 1. The van der Waals surface area contributed by atoms with E-state index in [4.69, 9.17) is 4.74 Å². The number of amides is 2. The normalized spacial score (nSPS) is 11.8. The Morgan fingerprint density at radius 3 is 2.31 bits per heavy atom. The van der Waals surface area contributed by atoms with Crippen LogP contribution in [0.25, 0.3) is 10.8 Å². The Hall–Kier alpha value is -3.34. The van der Waals surface area contributed by atoms with E-state index in [1.165, 1.54) is 0 Å². The Morgan fingerprint density at radius 2 is 1.59 bits per heavy atom. The average Bonchev–Trinajstić information content (AvgIpc) is 2.72. The zero-order chi connectivity index (χ0) is 20.6. The molecule has 3 aromatic rings. The Labute approximate surface area is 171 Å². The number of benzene rings is 3. The number of hydrogen-bond donors (Lipinski definition) is 2. The van der Waals surface area contributed by atoms with Gasteiger partial charge >= 0.3 is 6.09 Å². The number of rotatable bonds is 7. The molecular weight excluding hydrogens is 364 g/mol. The fraction of sp³-hybridized carbons (Fsp3) is 0.250. The van der Waals surface area contributed by atoms with E-state index in [0.29, 0.717) is 12.1 Å². The van der Waals surface area contributed by atoms with Crippen LogP contribution in [-0.2, 0) is 16.1 Å². The maximum Gasteiger partial charge on any atom is 0.408 e. The molecule has 5 nitrogen and oxygen atoms in total. The second-order valence-electron chi connectivity index (χ2n) is 7.44. The first-order valence-corrected chi connectivity index (χ1v) is 9.78. The maximum absolute atomic E-state index is 12.8. The standard InChI is InChI=1S/C24H26N2O3/c1-17(2)14-22(26-24(28)29-16-18-8-4-3-5-9-18)23(27)25-21-13-12-19-10-6-7-11-20(19)15-21/h3-13,15,17,22H,14,16H2,1-2H3,(H,25,27)(H,26,28)/t22-/m0/s1. The lowest BCUT2D eigenvalue weighted by Gasteiger charge is -2.20. The molecule has 0 radical (unpaired) electrons. The molecule has 0 unspecified atom stereocenters. The van der Waals surface area contributed by atoms with Crippen molar-refractivity contribution in [3.8, 4) is 0 Å². The highest BCUT2D eigenvalue weighted by atomic mass is 16.5. The van der Waals surface area contributed by atoms with E-state index in [1.807, 2.05) is 86.6 Å². The van der Waals surface area contributed by atoms with Crippen LogP contribution in [0.15, 0.2) is 72.8 Å². The van der Waals surface area contributed by atoms with E-state index in [0.717, 1.165) is 16.3 Å². The summed E-state index contributed by atoms with van der Waals surface area (Å²) in [5.74, 6) is -0.0255. The molecule has 0 aliphatic rings. The first-order valence-electron chi connectivity index (χ1n) is 9.78. The summed E-state index contributed by atoms with van der Waals surface area (Å²) in [7, 11) is 0. The van der Waals surface area contributed by atoms with Crippen molar-refractivity contribution >= 4 is 28.5 Å². The van der Waals surface area contributed by atoms with Crippen LogP contribution in [0.1, 0.15) is 25.8 Å². The van der Waals surface area contributed by atoms with Gasteiger partial charge in [0, 0.05) is 5.69 Å². The molecular formula is C24H26N2O3. The fourth-order valence-electron chi connectivity index (χ4n) is 3.11. The summed E-state index contributed by atoms with van der Waals surface area (Å²) in [6, 6.07) is 22.5. The van der Waals surface area contributed by atoms with Gasteiger partial charge in [-0.3, -0.25) is 4.79 Å². The number of nitrogens with one attached hydrogen (secondary N) is 2. The predicted molar refractivity (Wildman–Crippen MR) is 116 cm³/mol. The molecule has 0 fully saturated rings. The lowest BCUT2D eigenvalue weighted by molar-refractivity contribution is -0.118. The minimum Gasteiger partial charge on any atom is -0.445 e. The molecule has 0 spiro atoms. The third-order valence-electron chi connectivity index (χ3n) is 4.55. The number of ether oxygens (including phenoxy) is 1. The van der Waals surface area contributed by atoms with Gasteiger partial charge in [0.1, 0.15) is 12.6 Å².